The molecule has 1 aliphatic rings. The first-order valence-corrected chi connectivity index (χ1v) is 6.42. The van der Waals surface area contributed by atoms with Crippen LogP contribution in [0, 0.1) is 0 Å². The fourth-order valence-electron chi connectivity index (χ4n) is 1.82. The summed E-state index contributed by atoms with van der Waals surface area (Å²) in [6.07, 6.45) is -0.882. The van der Waals surface area contributed by atoms with Crippen molar-refractivity contribution in [3.8, 4) is 0 Å². The van der Waals surface area contributed by atoms with Crippen LogP contribution in [0.15, 0.2) is 30.5 Å². The van der Waals surface area contributed by atoms with Crippen LogP contribution in [0.1, 0.15) is 18.4 Å². The molecule has 0 saturated heterocycles. The van der Waals surface area contributed by atoms with Crippen molar-refractivity contribution in [1.82, 2.24) is 15.2 Å². The zero-order valence-corrected chi connectivity index (χ0v) is 10.9. The van der Waals surface area contributed by atoms with Gasteiger partial charge >= 0.3 is 6.18 Å². The lowest BCUT2D eigenvalue weighted by atomic mass is 10.1. The van der Waals surface area contributed by atoms with Gasteiger partial charge in [0.15, 0.2) is 5.82 Å². The highest BCUT2D eigenvalue weighted by molar-refractivity contribution is 5.60. The lowest BCUT2D eigenvalue weighted by Crippen LogP contribution is -2.11. The van der Waals surface area contributed by atoms with Gasteiger partial charge in [0.2, 0.25) is 5.95 Å². The molecule has 5 nitrogen and oxygen atoms in total. The first-order valence-electron chi connectivity index (χ1n) is 6.42. The Kier molecular flexibility index (Phi) is 3.36. The molecule has 0 bridgehead atoms. The Bertz CT molecular complexity index is 640. The summed E-state index contributed by atoms with van der Waals surface area (Å²) in [4.78, 5) is 4.11. The molecule has 1 fully saturated rings. The molecule has 0 aliphatic heterocycles. The van der Waals surface area contributed by atoms with E-state index < -0.39 is 11.7 Å². The number of alkyl halides is 3. The molecular formula is C13H12F3N5. The number of hydrogen-bond donors (Lipinski definition) is 2. The maximum Gasteiger partial charge on any atom is 0.418 e. The summed E-state index contributed by atoms with van der Waals surface area (Å²) in [7, 11) is 0. The zero-order valence-electron chi connectivity index (χ0n) is 10.9. The fraction of sp³-hybridized carbons (Fsp3) is 0.308. The van der Waals surface area contributed by atoms with E-state index in [-0.39, 0.29) is 11.6 Å². The van der Waals surface area contributed by atoms with Gasteiger partial charge in [-0.2, -0.15) is 23.3 Å². The predicted octanol–water partition coefficient (Wildman–Crippen LogP) is 3.21. The summed E-state index contributed by atoms with van der Waals surface area (Å²) < 4.78 is 38.7. The van der Waals surface area contributed by atoms with Crippen LogP contribution >= 0.6 is 0 Å². The largest absolute Gasteiger partial charge is 0.418 e. The number of nitrogens with zero attached hydrogens (tertiary/aromatic N) is 3. The van der Waals surface area contributed by atoms with Crippen molar-refractivity contribution >= 4 is 17.5 Å². The average molecular weight is 295 g/mol. The normalized spacial score (nSPS) is 14.8. The Morgan fingerprint density at radius 2 is 1.90 bits per heavy atom. The summed E-state index contributed by atoms with van der Waals surface area (Å²) in [5, 5.41) is 13.1. The number of anilines is 3. The molecule has 110 valence electrons. The Balaban J connectivity index is 1.83. The van der Waals surface area contributed by atoms with Gasteiger partial charge in [-0.05, 0) is 25.0 Å². The Labute approximate surface area is 118 Å². The van der Waals surface area contributed by atoms with E-state index in [1.807, 2.05) is 0 Å². The number of benzene rings is 1. The molecule has 0 spiro atoms. The summed E-state index contributed by atoms with van der Waals surface area (Å²) in [5.41, 5.74) is -0.871. The van der Waals surface area contributed by atoms with Crippen LogP contribution in [0.4, 0.5) is 30.6 Å². The van der Waals surface area contributed by atoms with Gasteiger partial charge in [0.1, 0.15) is 0 Å². The molecule has 1 aromatic carbocycles. The number of halogens is 3. The molecule has 0 atom stereocenters. The summed E-state index contributed by atoms with van der Waals surface area (Å²) in [5.74, 6) is 0.525. The maximum absolute atomic E-state index is 12.9. The van der Waals surface area contributed by atoms with Crippen LogP contribution in [-0.2, 0) is 6.18 Å². The van der Waals surface area contributed by atoms with E-state index in [0.29, 0.717) is 11.9 Å². The minimum Gasteiger partial charge on any atom is -0.366 e. The first kappa shape index (κ1) is 13.6. The van der Waals surface area contributed by atoms with Crippen molar-refractivity contribution in [1.29, 1.82) is 0 Å². The third-order valence-electron chi connectivity index (χ3n) is 2.97. The maximum atomic E-state index is 12.9. The minimum atomic E-state index is -4.44. The van der Waals surface area contributed by atoms with E-state index in [0.717, 1.165) is 18.9 Å². The topological polar surface area (TPSA) is 62.7 Å². The molecule has 21 heavy (non-hydrogen) atoms. The number of rotatable bonds is 4. The van der Waals surface area contributed by atoms with Gasteiger partial charge in [-0.15, -0.1) is 5.10 Å². The van der Waals surface area contributed by atoms with Gasteiger partial charge in [0.25, 0.3) is 0 Å². The average Bonchev–Trinajstić information content (AvgIpc) is 3.22. The summed E-state index contributed by atoms with van der Waals surface area (Å²) in [6.45, 7) is 0. The standard InChI is InChI=1S/C13H12F3N5/c14-13(15,16)9-3-1-2-4-10(9)19-12-20-11(7-17-21-12)18-8-5-6-8/h1-4,7-8H,5-6H2,(H2,18,19,20,21). The third kappa shape index (κ3) is 3.39. The van der Waals surface area contributed by atoms with Crippen LogP contribution in [0.2, 0.25) is 0 Å². The van der Waals surface area contributed by atoms with Gasteiger partial charge in [-0.1, -0.05) is 12.1 Å². The molecule has 3 rings (SSSR count). The number of hydrogen-bond acceptors (Lipinski definition) is 5. The number of nitrogens with one attached hydrogen (secondary N) is 2. The SMILES string of the molecule is FC(F)(F)c1ccccc1Nc1nncc(NC2CC2)n1. The highest BCUT2D eigenvalue weighted by Crippen LogP contribution is 2.35. The summed E-state index contributed by atoms with van der Waals surface area (Å²) >= 11 is 0. The molecule has 2 N–H and O–H groups in total. The molecule has 1 aromatic heterocycles. The van der Waals surface area contributed by atoms with E-state index in [9.17, 15) is 13.2 Å². The quantitative estimate of drug-likeness (QED) is 0.907. The smallest absolute Gasteiger partial charge is 0.366 e. The summed E-state index contributed by atoms with van der Waals surface area (Å²) in [6, 6.07) is 5.54. The molecule has 0 amide bonds. The monoisotopic (exact) mass is 295 g/mol. The highest BCUT2D eigenvalue weighted by atomic mass is 19.4. The fourth-order valence-corrected chi connectivity index (χ4v) is 1.82. The van der Waals surface area contributed by atoms with Gasteiger partial charge in [0, 0.05) is 6.04 Å². The van der Waals surface area contributed by atoms with Gasteiger partial charge in [-0.3, -0.25) is 0 Å². The second-order valence-electron chi connectivity index (χ2n) is 4.75. The zero-order chi connectivity index (χ0) is 14.9. The van der Waals surface area contributed by atoms with Gasteiger partial charge in [0.05, 0.1) is 17.4 Å². The highest BCUT2D eigenvalue weighted by Gasteiger charge is 2.33. The Morgan fingerprint density at radius 3 is 2.62 bits per heavy atom. The van der Waals surface area contributed by atoms with Crippen molar-refractivity contribution in [2.45, 2.75) is 25.1 Å². The van der Waals surface area contributed by atoms with Crippen molar-refractivity contribution in [3.05, 3.63) is 36.0 Å². The van der Waals surface area contributed by atoms with Crippen LogP contribution in [0.5, 0.6) is 0 Å². The molecule has 1 aliphatic carbocycles. The second kappa shape index (κ2) is 5.19. The number of para-hydroxylation sites is 1. The van der Waals surface area contributed by atoms with Crippen molar-refractivity contribution < 1.29 is 13.2 Å². The van der Waals surface area contributed by atoms with Crippen LogP contribution in [-0.4, -0.2) is 21.2 Å². The van der Waals surface area contributed by atoms with Gasteiger partial charge in [-0.25, -0.2) is 0 Å². The molecule has 2 aromatic rings. The van der Waals surface area contributed by atoms with Crippen molar-refractivity contribution in [3.63, 3.8) is 0 Å². The van der Waals surface area contributed by atoms with Crippen LogP contribution in [0.3, 0.4) is 0 Å². The van der Waals surface area contributed by atoms with Crippen LogP contribution in [0.25, 0.3) is 0 Å². The molecule has 0 radical (unpaired) electrons. The number of aromatic nitrogens is 3. The van der Waals surface area contributed by atoms with E-state index in [2.05, 4.69) is 25.8 Å². The lowest BCUT2D eigenvalue weighted by Gasteiger charge is -2.13. The Hall–Kier alpha value is -2.38. The minimum absolute atomic E-state index is 0.0253. The molecular weight excluding hydrogens is 283 g/mol. The molecule has 0 unspecified atom stereocenters. The van der Waals surface area contributed by atoms with E-state index in [4.69, 9.17) is 0 Å². The Morgan fingerprint density at radius 1 is 1.14 bits per heavy atom. The first-order chi connectivity index (χ1) is 10.0. The molecule has 8 heteroatoms. The predicted molar refractivity (Wildman–Crippen MR) is 71.2 cm³/mol. The lowest BCUT2D eigenvalue weighted by molar-refractivity contribution is -0.136. The van der Waals surface area contributed by atoms with Crippen molar-refractivity contribution in [2.24, 2.45) is 0 Å². The van der Waals surface area contributed by atoms with E-state index in [1.165, 1.54) is 24.4 Å². The van der Waals surface area contributed by atoms with Crippen molar-refractivity contribution in [2.75, 3.05) is 10.6 Å². The second-order valence-corrected chi connectivity index (χ2v) is 4.75. The van der Waals surface area contributed by atoms with Crippen LogP contribution < -0.4 is 10.6 Å². The molecule has 1 saturated carbocycles. The van der Waals surface area contributed by atoms with E-state index >= 15 is 0 Å². The third-order valence-corrected chi connectivity index (χ3v) is 2.97. The van der Waals surface area contributed by atoms with E-state index in [1.54, 1.807) is 0 Å². The molecule has 1 heterocycles. The van der Waals surface area contributed by atoms with Gasteiger partial charge < -0.3 is 10.6 Å².